The highest BCUT2D eigenvalue weighted by Crippen LogP contribution is 2.27. The molecule has 0 unspecified atom stereocenters. The summed E-state index contributed by atoms with van der Waals surface area (Å²) in [6.07, 6.45) is 0.0492. The number of hydrogen-bond acceptors (Lipinski definition) is 4. The number of halogens is 1. The lowest BCUT2D eigenvalue weighted by Crippen LogP contribution is -2.28. The van der Waals surface area contributed by atoms with Gasteiger partial charge in [-0.2, -0.15) is 0 Å². The van der Waals surface area contributed by atoms with Gasteiger partial charge < -0.3 is 10.6 Å². The Hall–Kier alpha value is -2.31. The molecule has 1 aliphatic rings. The lowest BCUT2D eigenvalue weighted by molar-refractivity contribution is -0.122. The molecule has 0 aliphatic carbocycles. The van der Waals surface area contributed by atoms with Gasteiger partial charge in [-0.25, -0.2) is 4.99 Å². The molecule has 2 N–H and O–H groups in total. The van der Waals surface area contributed by atoms with Gasteiger partial charge in [-0.1, -0.05) is 41.6 Å². The standard InChI is InChI=1S/C19H18ClN3O2S/c1-11-7-12(2)9-13(8-11)21-19-23-18(25)16(26-19)10-17(24)22-15-6-4-3-5-14(15)20/h3-9,16H,10H2,1-2H3,(H,22,24)(H,21,23,25)/t16-/m0/s1. The Labute approximate surface area is 161 Å². The summed E-state index contributed by atoms with van der Waals surface area (Å²) in [7, 11) is 0. The smallest absolute Gasteiger partial charge is 0.240 e. The van der Waals surface area contributed by atoms with E-state index >= 15 is 0 Å². The Kier molecular flexibility index (Phi) is 5.64. The van der Waals surface area contributed by atoms with Crippen LogP contribution >= 0.6 is 23.4 Å². The number of rotatable bonds is 4. The van der Waals surface area contributed by atoms with E-state index in [1.807, 2.05) is 26.0 Å². The van der Waals surface area contributed by atoms with Crippen molar-refractivity contribution in [2.24, 2.45) is 4.99 Å². The third-order valence-electron chi connectivity index (χ3n) is 3.73. The molecule has 3 rings (SSSR count). The molecule has 1 heterocycles. The van der Waals surface area contributed by atoms with Crippen LogP contribution in [0.2, 0.25) is 5.02 Å². The van der Waals surface area contributed by atoms with Gasteiger partial charge in [-0.3, -0.25) is 9.59 Å². The number of benzene rings is 2. The third-order valence-corrected chi connectivity index (χ3v) is 5.14. The molecule has 0 bridgehead atoms. The summed E-state index contributed by atoms with van der Waals surface area (Å²) in [4.78, 5) is 28.8. The van der Waals surface area contributed by atoms with Crippen LogP contribution in [-0.4, -0.2) is 22.2 Å². The first kappa shape index (κ1) is 18.5. The second kappa shape index (κ2) is 7.93. The van der Waals surface area contributed by atoms with Gasteiger partial charge in [0.2, 0.25) is 11.8 Å². The van der Waals surface area contributed by atoms with E-state index in [2.05, 4.69) is 21.7 Å². The molecule has 0 radical (unpaired) electrons. The number of carbonyl (C=O) groups excluding carboxylic acids is 2. The molecule has 2 aromatic rings. The number of hydrogen-bond donors (Lipinski definition) is 2. The molecule has 26 heavy (non-hydrogen) atoms. The largest absolute Gasteiger partial charge is 0.325 e. The summed E-state index contributed by atoms with van der Waals surface area (Å²) in [6, 6.07) is 12.9. The highest BCUT2D eigenvalue weighted by molar-refractivity contribution is 8.15. The fraction of sp³-hybridized carbons (Fsp3) is 0.211. The van der Waals surface area contributed by atoms with Crippen molar-refractivity contribution in [3.8, 4) is 0 Å². The van der Waals surface area contributed by atoms with Crippen LogP contribution in [0.3, 0.4) is 0 Å². The molecular formula is C19H18ClN3O2S. The minimum Gasteiger partial charge on any atom is -0.325 e. The van der Waals surface area contributed by atoms with Crippen LogP contribution in [0.25, 0.3) is 0 Å². The molecule has 1 aliphatic heterocycles. The number of aryl methyl sites for hydroxylation is 2. The Morgan fingerprint density at radius 2 is 1.92 bits per heavy atom. The topological polar surface area (TPSA) is 70.6 Å². The minimum atomic E-state index is -0.512. The fourth-order valence-corrected chi connectivity index (χ4v) is 3.83. The van der Waals surface area contributed by atoms with Crippen LogP contribution in [0.4, 0.5) is 11.4 Å². The molecule has 5 nitrogen and oxygen atoms in total. The van der Waals surface area contributed by atoms with Crippen molar-refractivity contribution in [2.45, 2.75) is 25.5 Å². The zero-order chi connectivity index (χ0) is 18.7. The van der Waals surface area contributed by atoms with Crippen LogP contribution < -0.4 is 10.6 Å². The SMILES string of the molecule is Cc1cc(C)cc(N=C2NC(=O)[C@H](CC(=O)Nc3ccccc3Cl)S2)c1. The maximum Gasteiger partial charge on any atom is 0.240 e. The van der Waals surface area contributed by atoms with Crippen LogP contribution in [-0.2, 0) is 9.59 Å². The molecule has 134 valence electrons. The third kappa shape index (κ3) is 4.65. The van der Waals surface area contributed by atoms with Gasteiger partial charge >= 0.3 is 0 Å². The maximum atomic E-state index is 12.2. The van der Waals surface area contributed by atoms with Gasteiger partial charge in [0.15, 0.2) is 5.17 Å². The second-order valence-corrected chi connectivity index (χ2v) is 7.69. The van der Waals surface area contributed by atoms with Crippen molar-refractivity contribution in [3.63, 3.8) is 0 Å². The normalized spacial score (nSPS) is 18.0. The summed E-state index contributed by atoms with van der Waals surface area (Å²) >= 11 is 7.30. The van der Waals surface area contributed by atoms with E-state index in [4.69, 9.17) is 11.6 Å². The number of carbonyl (C=O) groups is 2. The number of amidine groups is 1. The number of para-hydroxylation sites is 1. The molecule has 0 spiro atoms. The van der Waals surface area contributed by atoms with Gasteiger partial charge in [0.1, 0.15) is 5.25 Å². The average molecular weight is 388 g/mol. The van der Waals surface area contributed by atoms with Gasteiger partial charge in [-0.15, -0.1) is 0 Å². The second-order valence-electron chi connectivity index (χ2n) is 6.09. The minimum absolute atomic E-state index is 0.0492. The van der Waals surface area contributed by atoms with Crippen LogP contribution in [0, 0.1) is 13.8 Å². The molecule has 2 aromatic carbocycles. The molecule has 1 atom stereocenters. The van der Waals surface area contributed by atoms with E-state index in [1.165, 1.54) is 11.8 Å². The number of thioether (sulfide) groups is 1. The van der Waals surface area contributed by atoms with Crippen molar-refractivity contribution < 1.29 is 9.59 Å². The number of anilines is 1. The fourth-order valence-electron chi connectivity index (χ4n) is 2.66. The van der Waals surface area contributed by atoms with Gasteiger partial charge in [0, 0.05) is 6.42 Å². The summed E-state index contributed by atoms with van der Waals surface area (Å²) in [5.41, 5.74) is 3.53. The quantitative estimate of drug-likeness (QED) is 0.825. The zero-order valence-corrected chi connectivity index (χ0v) is 15.9. The lowest BCUT2D eigenvalue weighted by atomic mass is 10.1. The van der Waals surface area contributed by atoms with Crippen LogP contribution in [0.1, 0.15) is 17.5 Å². The Balaban J connectivity index is 1.65. The monoisotopic (exact) mass is 387 g/mol. The van der Waals surface area contributed by atoms with Crippen molar-refractivity contribution in [1.82, 2.24) is 5.32 Å². The number of aliphatic imine (C=N–C) groups is 1. The number of nitrogens with zero attached hydrogens (tertiary/aromatic N) is 1. The highest BCUT2D eigenvalue weighted by atomic mass is 35.5. The maximum absolute atomic E-state index is 12.2. The van der Waals surface area contributed by atoms with Crippen molar-refractivity contribution in [2.75, 3.05) is 5.32 Å². The van der Waals surface area contributed by atoms with E-state index in [9.17, 15) is 9.59 Å². The number of nitrogens with one attached hydrogen (secondary N) is 2. The molecule has 0 saturated carbocycles. The van der Waals surface area contributed by atoms with E-state index in [0.717, 1.165) is 16.8 Å². The van der Waals surface area contributed by atoms with Gasteiger partial charge in [0.05, 0.1) is 16.4 Å². The average Bonchev–Trinajstić information content (AvgIpc) is 2.88. The molecule has 1 fully saturated rings. The van der Waals surface area contributed by atoms with Crippen LogP contribution in [0.15, 0.2) is 47.5 Å². The highest BCUT2D eigenvalue weighted by Gasteiger charge is 2.32. The van der Waals surface area contributed by atoms with Crippen LogP contribution in [0.5, 0.6) is 0 Å². The Morgan fingerprint density at radius 3 is 2.62 bits per heavy atom. The van der Waals surface area contributed by atoms with E-state index < -0.39 is 5.25 Å². The zero-order valence-electron chi connectivity index (χ0n) is 14.4. The molecule has 0 aromatic heterocycles. The first-order valence-corrected chi connectivity index (χ1v) is 9.35. The first-order valence-electron chi connectivity index (χ1n) is 8.09. The van der Waals surface area contributed by atoms with E-state index in [-0.39, 0.29) is 18.2 Å². The summed E-state index contributed by atoms with van der Waals surface area (Å²) < 4.78 is 0. The predicted octanol–water partition coefficient (Wildman–Crippen LogP) is 4.20. The predicted molar refractivity (Wildman–Crippen MR) is 107 cm³/mol. The molecule has 2 amide bonds. The summed E-state index contributed by atoms with van der Waals surface area (Å²) in [5.74, 6) is -0.481. The first-order chi connectivity index (χ1) is 12.4. The van der Waals surface area contributed by atoms with Gasteiger partial charge in [0.25, 0.3) is 0 Å². The summed E-state index contributed by atoms with van der Waals surface area (Å²) in [5, 5.41) is 5.93. The van der Waals surface area contributed by atoms with Crippen molar-refractivity contribution in [1.29, 1.82) is 0 Å². The van der Waals surface area contributed by atoms with Gasteiger partial charge in [-0.05, 0) is 49.2 Å². The summed E-state index contributed by atoms with van der Waals surface area (Å²) in [6.45, 7) is 4.00. The van der Waals surface area contributed by atoms with E-state index in [1.54, 1.807) is 24.3 Å². The number of amides is 2. The molecule has 7 heteroatoms. The van der Waals surface area contributed by atoms with Crippen molar-refractivity contribution >= 4 is 51.7 Å². The van der Waals surface area contributed by atoms with E-state index in [0.29, 0.717) is 15.9 Å². The molecule has 1 saturated heterocycles. The Morgan fingerprint density at radius 1 is 1.23 bits per heavy atom. The lowest BCUT2D eigenvalue weighted by Gasteiger charge is -2.08. The Bertz CT molecular complexity index is 878. The molecular weight excluding hydrogens is 370 g/mol. The van der Waals surface area contributed by atoms with Crippen molar-refractivity contribution in [3.05, 3.63) is 58.6 Å².